The first-order valence-electron chi connectivity index (χ1n) is 10.1. The molecule has 4 nitrogen and oxygen atoms in total. The molecule has 30 heavy (non-hydrogen) atoms. The molecule has 0 spiro atoms. The van der Waals surface area contributed by atoms with E-state index in [0.717, 1.165) is 17.7 Å². The van der Waals surface area contributed by atoms with Crippen LogP contribution in [-0.4, -0.2) is 27.1 Å². The van der Waals surface area contributed by atoms with Crippen LogP contribution in [-0.2, 0) is 24.2 Å². The van der Waals surface area contributed by atoms with E-state index in [9.17, 15) is 4.79 Å². The molecule has 0 saturated heterocycles. The molecule has 2 aromatic heterocycles. The molecular formula is C25H25N3OS. The van der Waals surface area contributed by atoms with Gasteiger partial charge in [0.2, 0.25) is 5.91 Å². The van der Waals surface area contributed by atoms with E-state index in [1.165, 1.54) is 15.3 Å². The molecule has 4 rings (SSSR count). The number of rotatable bonds is 8. The van der Waals surface area contributed by atoms with Gasteiger partial charge in [-0.05, 0) is 48.7 Å². The Morgan fingerprint density at radius 1 is 0.967 bits per heavy atom. The summed E-state index contributed by atoms with van der Waals surface area (Å²) in [6.45, 7) is 3.45. The number of thiophene rings is 1. The summed E-state index contributed by atoms with van der Waals surface area (Å²) in [5.74, 6) is 0.129. The number of aryl methyl sites for hydroxylation is 1. The molecular weight excluding hydrogens is 390 g/mol. The van der Waals surface area contributed by atoms with Crippen LogP contribution < -0.4 is 0 Å². The number of para-hydroxylation sites is 1. The minimum Gasteiger partial charge on any atom is -0.337 e. The third kappa shape index (κ3) is 5.24. The molecule has 5 heteroatoms. The highest BCUT2D eigenvalue weighted by Crippen LogP contribution is 2.18. The standard InChI is InChI=1S/C25H25N3OS/c1-20-12-13-24(30-20)19-27(15-14-21-8-4-2-5-9-21)25(29)16-22-17-26-28(18-22)23-10-6-3-7-11-23/h2-13,17-18H,14-16,19H2,1H3. The highest BCUT2D eigenvalue weighted by atomic mass is 32.1. The topological polar surface area (TPSA) is 38.1 Å². The summed E-state index contributed by atoms with van der Waals surface area (Å²) in [6, 6.07) is 24.5. The summed E-state index contributed by atoms with van der Waals surface area (Å²) in [4.78, 5) is 17.6. The molecule has 0 bridgehead atoms. The molecule has 0 radical (unpaired) electrons. The fraction of sp³-hybridized carbons (Fsp3) is 0.200. The van der Waals surface area contributed by atoms with Gasteiger partial charge in [0, 0.05) is 22.5 Å². The van der Waals surface area contributed by atoms with Crippen molar-refractivity contribution < 1.29 is 4.79 Å². The Morgan fingerprint density at radius 2 is 1.70 bits per heavy atom. The van der Waals surface area contributed by atoms with E-state index in [-0.39, 0.29) is 5.91 Å². The van der Waals surface area contributed by atoms with Crippen molar-refractivity contribution >= 4 is 17.2 Å². The van der Waals surface area contributed by atoms with Crippen molar-refractivity contribution in [1.29, 1.82) is 0 Å². The number of amides is 1. The van der Waals surface area contributed by atoms with Crippen molar-refractivity contribution in [1.82, 2.24) is 14.7 Å². The Kier molecular flexibility index (Phi) is 6.40. The molecule has 0 fully saturated rings. The predicted molar refractivity (Wildman–Crippen MR) is 122 cm³/mol. The number of hydrogen-bond donors (Lipinski definition) is 0. The van der Waals surface area contributed by atoms with Crippen LogP contribution in [0.3, 0.4) is 0 Å². The van der Waals surface area contributed by atoms with Crippen LogP contribution in [0, 0.1) is 6.92 Å². The summed E-state index contributed by atoms with van der Waals surface area (Å²) in [7, 11) is 0. The van der Waals surface area contributed by atoms with Crippen LogP contribution in [0.4, 0.5) is 0 Å². The van der Waals surface area contributed by atoms with Gasteiger partial charge in [-0.1, -0.05) is 48.5 Å². The van der Waals surface area contributed by atoms with Gasteiger partial charge in [0.25, 0.3) is 0 Å². The van der Waals surface area contributed by atoms with Gasteiger partial charge >= 0.3 is 0 Å². The second-order valence-electron chi connectivity index (χ2n) is 7.37. The fourth-order valence-corrected chi connectivity index (χ4v) is 4.32. The van der Waals surface area contributed by atoms with Crippen LogP contribution in [0.2, 0.25) is 0 Å². The van der Waals surface area contributed by atoms with Crippen molar-refractivity contribution in [3.05, 3.63) is 106 Å². The van der Waals surface area contributed by atoms with Crippen LogP contribution in [0.5, 0.6) is 0 Å². The van der Waals surface area contributed by atoms with E-state index < -0.39 is 0 Å². The SMILES string of the molecule is Cc1ccc(CN(CCc2ccccc2)C(=O)Cc2cnn(-c3ccccc3)c2)s1. The van der Waals surface area contributed by atoms with Gasteiger partial charge in [-0.2, -0.15) is 5.10 Å². The summed E-state index contributed by atoms with van der Waals surface area (Å²) < 4.78 is 1.82. The average molecular weight is 416 g/mol. The van der Waals surface area contributed by atoms with Crippen molar-refractivity contribution in [2.75, 3.05) is 6.54 Å². The molecule has 0 aliphatic heterocycles. The minimum absolute atomic E-state index is 0.129. The first-order valence-corrected chi connectivity index (χ1v) is 10.9. The smallest absolute Gasteiger partial charge is 0.227 e. The maximum atomic E-state index is 13.2. The van der Waals surface area contributed by atoms with Crippen molar-refractivity contribution in [2.45, 2.75) is 26.3 Å². The summed E-state index contributed by atoms with van der Waals surface area (Å²) in [5, 5.41) is 4.43. The fourth-order valence-electron chi connectivity index (χ4n) is 3.42. The molecule has 0 saturated carbocycles. The third-order valence-corrected chi connectivity index (χ3v) is 6.01. The average Bonchev–Trinajstić information content (AvgIpc) is 3.41. The number of nitrogens with zero attached hydrogens (tertiary/aromatic N) is 3. The van der Waals surface area contributed by atoms with E-state index in [1.54, 1.807) is 17.5 Å². The molecule has 1 amide bonds. The van der Waals surface area contributed by atoms with Gasteiger partial charge in [-0.3, -0.25) is 4.79 Å². The van der Waals surface area contributed by atoms with Crippen molar-refractivity contribution in [2.24, 2.45) is 0 Å². The number of carbonyl (C=O) groups is 1. The Bertz CT molecular complexity index is 1090. The van der Waals surface area contributed by atoms with E-state index in [4.69, 9.17) is 0 Å². The van der Waals surface area contributed by atoms with Crippen LogP contribution >= 0.6 is 11.3 Å². The number of aromatic nitrogens is 2. The number of benzene rings is 2. The Morgan fingerprint density at radius 3 is 2.40 bits per heavy atom. The highest BCUT2D eigenvalue weighted by Gasteiger charge is 2.17. The lowest BCUT2D eigenvalue weighted by Gasteiger charge is -2.22. The van der Waals surface area contributed by atoms with Gasteiger partial charge in [-0.15, -0.1) is 11.3 Å². The molecule has 0 N–H and O–H groups in total. The lowest BCUT2D eigenvalue weighted by atomic mass is 10.1. The monoisotopic (exact) mass is 415 g/mol. The summed E-state index contributed by atoms with van der Waals surface area (Å²) in [6.07, 6.45) is 4.93. The highest BCUT2D eigenvalue weighted by molar-refractivity contribution is 7.11. The quantitative estimate of drug-likeness (QED) is 0.404. The molecule has 0 atom stereocenters. The largest absolute Gasteiger partial charge is 0.337 e. The number of hydrogen-bond acceptors (Lipinski definition) is 3. The van der Waals surface area contributed by atoms with Gasteiger partial charge in [-0.25, -0.2) is 4.68 Å². The molecule has 4 aromatic rings. The maximum Gasteiger partial charge on any atom is 0.227 e. The van der Waals surface area contributed by atoms with Crippen molar-refractivity contribution in [3.8, 4) is 5.69 Å². The number of carbonyl (C=O) groups excluding carboxylic acids is 1. The first-order chi connectivity index (χ1) is 14.7. The lowest BCUT2D eigenvalue weighted by Crippen LogP contribution is -2.33. The summed E-state index contributed by atoms with van der Waals surface area (Å²) in [5.41, 5.74) is 3.16. The normalized spacial score (nSPS) is 10.8. The van der Waals surface area contributed by atoms with Crippen molar-refractivity contribution in [3.63, 3.8) is 0 Å². The van der Waals surface area contributed by atoms with E-state index in [2.05, 4.69) is 36.3 Å². The zero-order valence-corrected chi connectivity index (χ0v) is 17.9. The van der Waals surface area contributed by atoms with E-state index in [1.807, 2.05) is 64.3 Å². The van der Waals surface area contributed by atoms with Crippen LogP contribution in [0.1, 0.15) is 20.9 Å². The summed E-state index contributed by atoms with van der Waals surface area (Å²) >= 11 is 1.75. The Labute approximate surface area is 181 Å². The molecule has 0 unspecified atom stereocenters. The van der Waals surface area contributed by atoms with Gasteiger partial charge < -0.3 is 4.90 Å². The van der Waals surface area contributed by atoms with Crippen LogP contribution in [0.15, 0.2) is 85.2 Å². The molecule has 0 aliphatic rings. The van der Waals surface area contributed by atoms with Gasteiger partial charge in [0.05, 0.1) is 24.8 Å². The molecule has 2 aromatic carbocycles. The second-order valence-corrected chi connectivity index (χ2v) is 8.74. The molecule has 2 heterocycles. The van der Waals surface area contributed by atoms with Crippen LogP contribution in [0.25, 0.3) is 5.69 Å². The Balaban J connectivity index is 1.46. The lowest BCUT2D eigenvalue weighted by molar-refractivity contribution is -0.131. The first kappa shape index (κ1) is 20.1. The maximum absolute atomic E-state index is 13.2. The molecule has 0 aliphatic carbocycles. The van der Waals surface area contributed by atoms with E-state index >= 15 is 0 Å². The van der Waals surface area contributed by atoms with Gasteiger partial charge in [0.1, 0.15) is 0 Å². The second kappa shape index (κ2) is 9.55. The zero-order valence-electron chi connectivity index (χ0n) is 17.1. The zero-order chi connectivity index (χ0) is 20.8. The third-order valence-electron chi connectivity index (χ3n) is 5.02. The minimum atomic E-state index is 0.129. The van der Waals surface area contributed by atoms with E-state index in [0.29, 0.717) is 19.5 Å². The predicted octanol–water partition coefficient (Wildman–Crippen LogP) is 5.06. The molecule has 152 valence electrons. The Hall–Kier alpha value is -3.18. The van der Waals surface area contributed by atoms with Gasteiger partial charge in [0.15, 0.2) is 0 Å².